The molecule has 0 aromatic carbocycles. The molecule has 247 valence electrons. The maximum Gasteiger partial charge on any atom is 0.306 e. The number of fused-ring (bicyclic) bond motifs is 20. The van der Waals surface area contributed by atoms with Gasteiger partial charge in [0.25, 0.3) is 0 Å². The molecule has 17 atom stereocenters. The number of hydrogen-bond acceptors (Lipinski definition) is 9. The Morgan fingerprint density at radius 2 is 0.636 bits per heavy atom. The van der Waals surface area contributed by atoms with E-state index in [2.05, 4.69) is 42.5 Å². The predicted octanol–water partition coefficient (Wildman–Crippen LogP) is 1.91. The molecule has 5 aliphatic heterocycles. The van der Waals surface area contributed by atoms with Crippen LogP contribution < -0.4 is 42.5 Å². The fourth-order valence-corrected chi connectivity index (χ4v) is 12.2. The molecule has 17 unspecified atom stereocenters. The first-order chi connectivity index (χ1) is 21.1. The third-order valence-electron chi connectivity index (χ3n) is 14.2. The van der Waals surface area contributed by atoms with Crippen molar-refractivity contribution in [3.63, 3.8) is 0 Å². The quantitative estimate of drug-likeness (QED) is 0.194. The Balaban J connectivity index is 0.00000289. The zero-order chi connectivity index (χ0) is 28.7. The average molecular weight is 652 g/mol. The number of hydrogen-bond donors (Lipinski definition) is 9. The maximum absolute atomic E-state index is 12.2. The van der Waals surface area contributed by atoms with Crippen LogP contribution in [0, 0.1) is 53.3 Å². The van der Waals surface area contributed by atoms with E-state index in [0.29, 0.717) is 78.2 Å². The van der Waals surface area contributed by atoms with E-state index >= 15 is 0 Å². The SMILES string of the molecule is O=C(O)C1CCC2C3NC4NC(NC5NC(NC6NC(NC(N3)C2C1)C1CCCCC61)C1CCCCC51)C1CCCCC41.[Mn]. The Labute approximate surface area is 273 Å². The Hall–Kier alpha value is -0.331. The van der Waals surface area contributed by atoms with Crippen LogP contribution in [-0.2, 0) is 21.9 Å². The van der Waals surface area contributed by atoms with Crippen LogP contribution in [0.3, 0.4) is 0 Å². The zero-order valence-electron chi connectivity index (χ0n) is 26.2. The van der Waals surface area contributed by atoms with Gasteiger partial charge in [0, 0.05) is 17.1 Å². The van der Waals surface area contributed by atoms with Crippen LogP contribution in [0.25, 0.3) is 0 Å². The van der Waals surface area contributed by atoms with E-state index in [-0.39, 0.29) is 41.5 Å². The topological polar surface area (TPSA) is 134 Å². The Morgan fingerprint density at radius 3 is 0.909 bits per heavy atom. The molecule has 10 nitrogen and oxygen atoms in total. The van der Waals surface area contributed by atoms with Gasteiger partial charge in [-0.05, 0) is 105 Å². The summed E-state index contributed by atoms with van der Waals surface area (Å²) in [7, 11) is 0. The summed E-state index contributed by atoms with van der Waals surface area (Å²) in [6, 6.07) is 0. The van der Waals surface area contributed by atoms with Gasteiger partial charge >= 0.3 is 5.97 Å². The minimum Gasteiger partial charge on any atom is -0.481 e. The van der Waals surface area contributed by atoms with Crippen molar-refractivity contribution in [1.29, 1.82) is 0 Å². The molecule has 9 rings (SSSR count). The smallest absolute Gasteiger partial charge is 0.306 e. The first kappa shape index (κ1) is 31.0. The first-order valence-electron chi connectivity index (χ1n) is 18.4. The first-order valence-corrected chi connectivity index (χ1v) is 18.4. The fourth-order valence-electron chi connectivity index (χ4n) is 12.2. The molecule has 9 fully saturated rings. The van der Waals surface area contributed by atoms with Crippen molar-refractivity contribution >= 4 is 5.97 Å². The number of aliphatic carboxylic acids is 1. The van der Waals surface area contributed by atoms with Crippen molar-refractivity contribution in [2.75, 3.05) is 0 Å². The van der Waals surface area contributed by atoms with E-state index in [1.54, 1.807) is 0 Å². The summed E-state index contributed by atoms with van der Waals surface area (Å²) in [6.45, 7) is 0. The van der Waals surface area contributed by atoms with Crippen LogP contribution in [0.1, 0.15) is 96.3 Å². The summed E-state index contributed by atoms with van der Waals surface area (Å²) in [6.07, 6.45) is 20.7. The van der Waals surface area contributed by atoms with E-state index in [1.165, 1.54) is 77.0 Å². The van der Waals surface area contributed by atoms with Crippen molar-refractivity contribution in [2.45, 2.75) is 146 Å². The van der Waals surface area contributed by atoms with Crippen molar-refractivity contribution in [1.82, 2.24) is 42.5 Å². The van der Waals surface area contributed by atoms with Gasteiger partial charge in [-0.15, -0.1) is 0 Å². The summed E-state index contributed by atoms with van der Waals surface area (Å²) in [4.78, 5) is 12.2. The molecule has 9 aliphatic rings. The molecule has 0 amide bonds. The van der Waals surface area contributed by atoms with Gasteiger partial charge in [-0.25, -0.2) is 0 Å². The van der Waals surface area contributed by atoms with Crippen molar-refractivity contribution in [3.8, 4) is 0 Å². The summed E-state index contributed by atoms with van der Waals surface area (Å²) < 4.78 is 0. The Bertz CT molecular complexity index is 1050. The second kappa shape index (κ2) is 12.6. The third kappa shape index (κ3) is 5.33. The number of rotatable bonds is 1. The van der Waals surface area contributed by atoms with Gasteiger partial charge in [0.1, 0.15) is 0 Å². The molecule has 1 radical (unpaired) electrons. The molecule has 4 aliphatic carbocycles. The number of carboxylic acid groups (broad SMARTS) is 1. The number of carboxylic acids is 1. The molecular formula is C33H56MnN8O2. The largest absolute Gasteiger partial charge is 0.481 e. The zero-order valence-corrected chi connectivity index (χ0v) is 27.3. The van der Waals surface area contributed by atoms with Crippen LogP contribution in [-0.4, -0.2) is 60.4 Å². The minimum atomic E-state index is -0.609. The van der Waals surface area contributed by atoms with Crippen molar-refractivity contribution in [3.05, 3.63) is 0 Å². The second-order valence-electron chi connectivity index (χ2n) is 16.2. The summed E-state index contributed by atoms with van der Waals surface area (Å²) in [5.74, 6) is 3.89. The molecule has 9 N–H and O–H groups in total. The van der Waals surface area contributed by atoms with Crippen LogP contribution in [0.5, 0.6) is 0 Å². The fraction of sp³-hybridized carbons (Fsp3) is 0.970. The summed E-state index contributed by atoms with van der Waals surface area (Å²) in [5, 5.41) is 43.1. The molecule has 8 bridgehead atoms. The number of nitrogens with one attached hydrogen (secondary N) is 8. The van der Waals surface area contributed by atoms with E-state index in [9.17, 15) is 9.90 Å². The van der Waals surface area contributed by atoms with Gasteiger partial charge in [0.2, 0.25) is 0 Å². The monoisotopic (exact) mass is 651 g/mol. The van der Waals surface area contributed by atoms with E-state index in [1.807, 2.05) is 0 Å². The molecule has 5 saturated heterocycles. The van der Waals surface area contributed by atoms with Crippen LogP contribution in [0.15, 0.2) is 0 Å². The van der Waals surface area contributed by atoms with Crippen LogP contribution in [0.2, 0.25) is 0 Å². The molecule has 0 spiro atoms. The van der Waals surface area contributed by atoms with Gasteiger partial charge in [-0.3, -0.25) is 47.3 Å². The van der Waals surface area contributed by atoms with Gasteiger partial charge in [-0.2, -0.15) is 0 Å². The Kier molecular flexibility index (Phi) is 8.87. The molecule has 44 heavy (non-hydrogen) atoms. The normalized spacial score (nSPS) is 54.8. The summed E-state index contributed by atoms with van der Waals surface area (Å²) >= 11 is 0. The van der Waals surface area contributed by atoms with Gasteiger partial charge in [-0.1, -0.05) is 38.5 Å². The van der Waals surface area contributed by atoms with Crippen molar-refractivity contribution < 1.29 is 27.0 Å². The van der Waals surface area contributed by atoms with Crippen LogP contribution >= 0.6 is 0 Å². The van der Waals surface area contributed by atoms with Crippen LogP contribution in [0.4, 0.5) is 0 Å². The van der Waals surface area contributed by atoms with Gasteiger partial charge < -0.3 is 5.11 Å². The molecule has 11 heteroatoms. The second-order valence-corrected chi connectivity index (χ2v) is 16.2. The number of carbonyl (C=O) groups is 1. The maximum atomic E-state index is 12.2. The third-order valence-corrected chi connectivity index (χ3v) is 14.2. The summed E-state index contributed by atoms with van der Waals surface area (Å²) in [5.41, 5.74) is 0. The van der Waals surface area contributed by atoms with Gasteiger partial charge in [0.15, 0.2) is 0 Å². The average Bonchev–Trinajstić information content (AvgIpc) is 3.76. The molecule has 5 heterocycles. The minimum absolute atomic E-state index is 0. The molecule has 4 saturated carbocycles. The van der Waals surface area contributed by atoms with E-state index in [0.717, 1.165) is 19.3 Å². The predicted molar refractivity (Wildman–Crippen MR) is 164 cm³/mol. The standard InChI is InChI=1S/C33H56N8O2.Mn/c42-33(43)16-13-14-23-24(15-16)32-40-30-22-12-6-5-11-21(22)28(38-30)36-26-18-8-2-1-7-17(18)25(34-26)35-27-19-9-3-4-10-20(19)29(37-27)39-31(23)41-32;/h16-32,34-41H,1-15H2,(H,42,43);. The molecule has 0 aromatic rings. The van der Waals surface area contributed by atoms with E-state index in [4.69, 9.17) is 0 Å². The van der Waals surface area contributed by atoms with Crippen molar-refractivity contribution in [2.24, 2.45) is 53.3 Å². The van der Waals surface area contributed by atoms with E-state index < -0.39 is 5.97 Å². The molecule has 0 aromatic heterocycles. The molecular weight excluding hydrogens is 595 g/mol. The van der Waals surface area contributed by atoms with Gasteiger partial charge in [0.05, 0.1) is 55.2 Å². The Morgan fingerprint density at radius 1 is 0.386 bits per heavy atom.